The number of nitrogens with one attached hydrogen (secondary N) is 1. The van der Waals surface area contributed by atoms with Gasteiger partial charge in [0.25, 0.3) is 12.3 Å². The van der Waals surface area contributed by atoms with Crippen molar-refractivity contribution in [3.05, 3.63) is 69.9 Å². The molecule has 2 aromatic heterocycles. The van der Waals surface area contributed by atoms with Crippen LogP contribution in [0.3, 0.4) is 0 Å². The molecule has 1 aromatic carbocycles. The van der Waals surface area contributed by atoms with E-state index in [0.717, 1.165) is 5.56 Å². The molecule has 8 heteroatoms. The number of rotatable bonds is 7. The predicted molar refractivity (Wildman–Crippen MR) is 95.2 cm³/mol. The molecule has 0 saturated heterocycles. The Kier molecular flexibility index (Phi) is 5.72. The van der Waals surface area contributed by atoms with E-state index in [1.165, 1.54) is 22.2 Å². The average molecular weight is 376 g/mol. The molecule has 1 N–H and O–H groups in total. The zero-order chi connectivity index (χ0) is 18.5. The highest BCUT2D eigenvalue weighted by atomic mass is 32.1. The fraction of sp³-hybridized carbons (Fsp3) is 0.278. The van der Waals surface area contributed by atoms with E-state index >= 15 is 0 Å². The van der Waals surface area contributed by atoms with Crippen LogP contribution >= 0.6 is 11.3 Å². The van der Waals surface area contributed by atoms with Crippen LogP contribution in [0.25, 0.3) is 0 Å². The Morgan fingerprint density at radius 2 is 2.08 bits per heavy atom. The van der Waals surface area contributed by atoms with Gasteiger partial charge in [-0.05, 0) is 18.4 Å². The Morgan fingerprint density at radius 3 is 2.73 bits per heavy atom. The molecule has 1 amide bonds. The van der Waals surface area contributed by atoms with Gasteiger partial charge in [-0.25, -0.2) is 13.8 Å². The van der Waals surface area contributed by atoms with E-state index < -0.39 is 12.5 Å². The van der Waals surface area contributed by atoms with Crippen molar-refractivity contribution in [2.45, 2.75) is 25.3 Å². The SMILES string of the molecule is Cn1cc(C(CCc2ccccc2)NC(=O)c2nccs2)c(C(F)F)n1. The van der Waals surface area contributed by atoms with E-state index in [0.29, 0.717) is 23.4 Å². The van der Waals surface area contributed by atoms with E-state index in [9.17, 15) is 13.6 Å². The van der Waals surface area contributed by atoms with Crippen LogP contribution in [0.1, 0.15) is 45.5 Å². The number of aromatic nitrogens is 3. The van der Waals surface area contributed by atoms with Crippen molar-refractivity contribution in [3.63, 3.8) is 0 Å². The molecule has 1 unspecified atom stereocenters. The Labute approximate surface area is 153 Å². The van der Waals surface area contributed by atoms with Crippen molar-refractivity contribution in [1.29, 1.82) is 0 Å². The first kappa shape index (κ1) is 18.2. The number of nitrogens with zero attached hydrogens (tertiary/aromatic N) is 3. The normalized spacial score (nSPS) is 12.3. The van der Waals surface area contributed by atoms with Crippen molar-refractivity contribution in [3.8, 4) is 0 Å². The standard InChI is InChI=1S/C18H18F2N4OS/c1-24-11-13(15(23-24)16(19)20)14(8-7-12-5-3-2-4-6-12)22-17(25)18-21-9-10-26-18/h2-6,9-11,14,16H,7-8H2,1H3,(H,22,25). The predicted octanol–water partition coefficient (Wildman–Crippen LogP) is 3.92. The zero-order valence-electron chi connectivity index (χ0n) is 14.1. The first-order valence-electron chi connectivity index (χ1n) is 8.10. The largest absolute Gasteiger partial charge is 0.343 e. The summed E-state index contributed by atoms with van der Waals surface area (Å²) >= 11 is 1.21. The maximum absolute atomic E-state index is 13.4. The smallest absolute Gasteiger partial charge is 0.282 e. The van der Waals surface area contributed by atoms with Gasteiger partial charge in [-0.15, -0.1) is 11.3 Å². The molecule has 0 bridgehead atoms. The number of carbonyl (C=O) groups excluding carboxylic acids is 1. The van der Waals surface area contributed by atoms with Gasteiger partial charge >= 0.3 is 0 Å². The summed E-state index contributed by atoms with van der Waals surface area (Å²) in [6.07, 6.45) is 1.49. The van der Waals surface area contributed by atoms with Crippen LogP contribution in [-0.4, -0.2) is 20.7 Å². The molecular weight excluding hydrogens is 358 g/mol. The molecule has 2 heterocycles. The summed E-state index contributed by atoms with van der Waals surface area (Å²) in [5.41, 5.74) is 1.11. The molecule has 0 aliphatic carbocycles. The number of carbonyl (C=O) groups is 1. The third-order valence-electron chi connectivity index (χ3n) is 3.97. The Balaban J connectivity index is 1.84. The summed E-state index contributed by atoms with van der Waals surface area (Å²) in [6.45, 7) is 0. The Morgan fingerprint density at radius 1 is 1.31 bits per heavy atom. The third-order valence-corrected chi connectivity index (χ3v) is 4.74. The number of halogens is 2. The lowest BCUT2D eigenvalue weighted by Crippen LogP contribution is -2.29. The minimum absolute atomic E-state index is 0.301. The quantitative estimate of drug-likeness (QED) is 0.680. The van der Waals surface area contributed by atoms with Crippen LogP contribution in [0.15, 0.2) is 48.1 Å². The van der Waals surface area contributed by atoms with Crippen LogP contribution in [-0.2, 0) is 13.5 Å². The summed E-state index contributed by atoms with van der Waals surface area (Å²) in [4.78, 5) is 16.4. The molecule has 0 aliphatic heterocycles. The summed E-state index contributed by atoms with van der Waals surface area (Å²) < 4.78 is 28.1. The molecule has 0 fully saturated rings. The molecule has 3 rings (SSSR count). The molecule has 3 aromatic rings. The number of alkyl halides is 2. The highest BCUT2D eigenvalue weighted by molar-refractivity contribution is 7.11. The van der Waals surface area contributed by atoms with Crippen LogP contribution < -0.4 is 5.32 Å². The fourth-order valence-corrected chi connectivity index (χ4v) is 3.32. The van der Waals surface area contributed by atoms with E-state index in [2.05, 4.69) is 15.4 Å². The van der Waals surface area contributed by atoms with Crippen molar-refractivity contribution >= 4 is 17.2 Å². The lowest BCUT2D eigenvalue weighted by atomic mass is 9.99. The topological polar surface area (TPSA) is 59.8 Å². The first-order valence-corrected chi connectivity index (χ1v) is 8.98. The number of benzene rings is 1. The van der Waals surface area contributed by atoms with Crippen molar-refractivity contribution in [2.24, 2.45) is 7.05 Å². The van der Waals surface area contributed by atoms with Crippen LogP contribution in [0, 0.1) is 0 Å². The van der Waals surface area contributed by atoms with Gasteiger partial charge in [-0.2, -0.15) is 5.10 Å². The summed E-state index contributed by atoms with van der Waals surface area (Å²) in [6, 6.07) is 9.12. The molecule has 0 aliphatic rings. The summed E-state index contributed by atoms with van der Waals surface area (Å²) in [7, 11) is 1.59. The van der Waals surface area contributed by atoms with Crippen LogP contribution in [0.4, 0.5) is 8.78 Å². The second-order valence-corrected chi connectivity index (χ2v) is 6.73. The summed E-state index contributed by atoms with van der Waals surface area (Å²) in [5.74, 6) is -0.373. The van der Waals surface area contributed by atoms with Gasteiger partial charge < -0.3 is 5.32 Å². The second-order valence-electron chi connectivity index (χ2n) is 5.83. The molecule has 1 atom stereocenters. The lowest BCUT2D eigenvalue weighted by molar-refractivity contribution is 0.0931. The van der Waals surface area contributed by atoms with E-state index in [1.54, 1.807) is 18.6 Å². The molecule has 136 valence electrons. The first-order chi connectivity index (χ1) is 12.5. The van der Waals surface area contributed by atoms with E-state index in [4.69, 9.17) is 0 Å². The molecule has 0 radical (unpaired) electrons. The highest BCUT2D eigenvalue weighted by Gasteiger charge is 2.26. The molecule has 5 nitrogen and oxygen atoms in total. The maximum atomic E-state index is 13.4. The van der Waals surface area contributed by atoms with Gasteiger partial charge in [0.1, 0.15) is 5.69 Å². The van der Waals surface area contributed by atoms with Crippen molar-refractivity contribution in [2.75, 3.05) is 0 Å². The van der Waals surface area contributed by atoms with Gasteiger partial charge in [0, 0.05) is 30.4 Å². The van der Waals surface area contributed by atoms with E-state index in [1.807, 2.05) is 30.3 Å². The zero-order valence-corrected chi connectivity index (χ0v) is 14.9. The van der Waals surface area contributed by atoms with Gasteiger partial charge in [0.15, 0.2) is 5.01 Å². The van der Waals surface area contributed by atoms with E-state index in [-0.39, 0.29) is 11.6 Å². The number of thiazole rings is 1. The Hall–Kier alpha value is -2.61. The van der Waals surface area contributed by atoms with Gasteiger partial charge in [-0.3, -0.25) is 9.48 Å². The van der Waals surface area contributed by atoms with Crippen LogP contribution in [0.2, 0.25) is 0 Å². The number of hydrogen-bond acceptors (Lipinski definition) is 4. The van der Waals surface area contributed by atoms with Crippen molar-refractivity contribution < 1.29 is 13.6 Å². The Bertz CT molecular complexity index is 849. The van der Waals surface area contributed by atoms with Gasteiger partial charge in [-0.1, -0.05) is 30.3 Å². The number of aryl methyl sites for hydroxylation is 2. The third kappa shape index (κ3) is 4.32. The molecular formula is C18H18F2N4OS. The molecule has 26 heavy (non-hydrogen) atoms. The monoisotopic (exact) mass is 376 g/mol. The molecule has 0 spiro atoms. The summed E-state index contributed by atoms with van der Waals surface area (Å²) in [5, 5.41) is 8.70. The van der Waals surface area contributed by atoms with Crippen molar-refractivity contribution in [1.82, 2.24) is 20.1 Å². The minimum atomic E-state index is -2.71. The highest BCUT2D eigenvalue weighted by Crippen LogP contribution is 2.29. The van der Waals surface area contributed by atoms with Gasteiger partial charge in [0.2, 0.25) is 0 Å². The van der Waals surface area contributed by atoms with Gasteiger partial charge in [0.05, 0.1) is 6.04 Å². The number of hydrogen-bond donors (Lipinski definition) is 1. The average Bonchev–Trinajstić information content (AvgIpc) is 3.29. The van der Waals surface area contributed by atoms with Crippen LogP contribution in [0.5, 0.6) is 0 Å². The maximum Gasteiger partial charge on any atom is 0.282 e. The number of amides is 1. The lowest BCUT2D eigenvalue weighted by Gasteiger charge is -2.18. The minimum Gasteiger partial charge on any atom is -0.343 e. The molecule has 0 saturated carbocycles. The second kappa shape index (κ2) is 8.18. The fourth-order valence-electron chi connectivity index (χ4n) is 2.78.